The maximum atomic E-state index is 9.13. The SMILES string of the molecule is Oc1ccc(Cc2ccc(O)cc2)cc1.c1cc2cc-2c1. The van der Waals surface area contributed by atoms with E-state index >= 15 is 0 Å². The number of phenolic OH excluding ortho intramolecular Hbond substituents is 2. The average Bonchev–Trinajstić information content (AvgIpc) is 3.10. The molecule has 0 heterocycles. The summed E-state index contributed by atoms with van der Waals surface area (Å²) in [7, 11) is 0. The summed E-state index contributed by atoms with van der Waals surface area (Å²) in [4.78, 5) is 0. The van der Waals surface area contributed by atoms with Gasteiger partial charge in [0, 0.05) is 0 Å². The second-order valence-electron chi connectivity index (χ2n) is 5.09. The lowest BCUT2D eigenvalue weighted by Gasteiger charge is -2.02. The fourth-order valence-electron chi connectivity index (χ4n) is 2.14. The van der Waals surface area contributed by atoms with Crippen molar-refractivity contribution in [3.05, 3.63) is 83.9 Å². The van der Waals surface area contributed by atoms with Crippen LogP contribution in [-0.4, -0.2) is 10.2 Å². The van der Waals surface area contributed by atoms with Crippen LogP contribution in [0.4, 0.5) is 0 Å². The Bertz CT molecular complexity index is 668. The molecule has 2 heteroatoms. The molecule has 0 saturated carbocycles. The van der Waals surface area contributed by atoms with Gasteiger partial charge in [0.1, 0.15) is 11.5 Å². The number of fused-ring (bicyclic) bond motifs is 1. The summed E-state index contributed by atoms with van der Waals surface area (Å²) in [5.74, 6) is 0.564. The fraction of sp³-hybridized carbons (Fsp3) is 0.0526. The zero-order valence-electron chi connectivity index (χ0n) is 11.5. The number of aromatic hydroxyl groups is 2. The summed E-state index contributed by atoms with van der Waals surface area (Å²) >= 11 is 0. The third-order valence-corrected chi connectivity index (χ3v) is 3.39. The van der Waals surface area contributed by atoms with Crippen LogP contribution in [0.15, 0.2) is 72.8 Å². The first kappa shape index (κ1) is 13.3. The number of hydrogen-bond acceptors (Lipinski definition) is 2. The maximum Gasteiger partial charge on any atom is 0.115 e. The van der Waals surface area contributed by atoms with Gasteiger partial charge in [-0.05, 0) is 59.0 Å². The van der Waals surface area contributed by atoms with Crippen LogP contribution in [0.5, 0.6) is 11.5 Å². The van der Waals surface area contributed by atoms with Crippen molar-refractivity contribution in [1.82, 2.24) is 0 Å². The van der Waals surface area contributed by atoms with Crippen molar-refractivity contribution >= 4 is 0 Å². The summed E-state index contributed by atoms with van der Waals surface area (Å²) in [6.07, 6.45) is 0.806. The molecule has 21 heavy (non-hydrogen) atoms. The third kappa shape index (κ3) is 3.63. The average molecular weight is 276 g/mol. The van der Waals surface area contributed by atoms with Gasteiger partial charge in [-0.1, -0.05) is 42.5 Å². The molecule has 2 N–H and O–H groups in total. The molecule has 0 unspecified atom stereocenters. The fourth-order valence-corrected chi connectivity index (χ4v) is 2.14. The predicted octanol–water partition coefficient (Wildman–Crippen LogP) is 4.36. The molecule has 0 fully saturated rings. The minimum absolute atomic E-state index is 0.282. The lowest BCUT2D eigenvalue weighted by atomic mass is 10.1. The summed E-state index contributed by atoms with van der Waals surface area (Å²) in [6.45, 7) is 0. The second-order valence-corrected chi connectivity index (χ2v) is 5.09. The third-order valence-electron chi connectivity index (χ3n) is 3.39. The van der Waals surface area contributed by atoms with Gasteiger partial charge >= 0.3 is 0 Å². The minimum atomic E-state index is 0.282. The number of benzene rings is 3. The topological polar surface area (TPSA) is 40.5 Å². The van der Waals surface area contributed by atoms with E-state index in [1.54, 1.807) is 24.3 Å². The standard InChI is InChI=1S/C13H12O2.C6H4/c14-12-5-1-10(2-6-12)9-11-3-7-13(15)8-4-11;1-2-5-4-6(5)3-1/h1-8,14-15H,9H2;1-4H. The molecule has 2 aliphatic rings. The monoisotopic (exact) mass is 276 g/mol. The molecule has 0 spiro atoms. The van der Waals surface area contributed by atoms with E-state index in [0.29, 0.717) is 0 Å². The molecule has 2 nitrogen and oxygen atoms in total. The maximum absolute atomic E-state index is 9.13. The van der Waals surface area contributed by atoms with Crippen molar-refractivity contribution in [3.63, 3.8) is 0 Å². The summed E-state index contributed by atoms with van der Waals surface area (Å²) < 4.78 is 0. The van der Waals surface area contributed by atoms with E-state index in [1.165, 1.54) is 11.1 Å². The Morgan fingerprint density at radius 2 is 1.00 bits per heavy atom. The second kappa shape index (κ2) is 5.71. The molecule has 2 aliphatic carbocycles. The van der Waals surface area contributed by atoms with Crippen molar-refractivity contribution in [2.45, 2.75) is 6.42 Å². The minimum Gasteiger partial charge on any atom is -0.508 e. The number of hydrogen-bond donors (Lipinski definition) is 2. The van der Waals surface area contributed by atoms with Crippen LogP contribution < -0.4 is 0 Å². The van der Waals surface area contributed by atoms with Crippen molar-refractivity contribution in [2.75, 3.05) is 0 Å². The quantitative estimate of drug-likeness (QED) is 0.571. The Labute approximate surface area is 123 Å². The Hall–Kier alpha value is -2.74. The molecule has 104 valence electrons. The van der Waals surface area contributed by atoms with Gasteiger partial charge < -0.3 is 10.2 Å². The molecule has 0 radical (unpaired) electrons. The first-order chi connectivity index (χ1) is 10.2. The van der Waals surface area contributed by atoms with E-state index in [-0.39, 0.29) is 11.5 Å². The van der Waals surface area contributed by atoms with Gasteiger partial charge in [-0.2, -0.15) is 0 Å². The smallest absolute Gasteiger partial charge is 0.115 e. The zero-order valence-corrected chi connectivity index (χ0v) is 11.5. The Morgan fingerprint density at radius 1 is 0.571 bits per heavy atom. The van der Waals surface area contributed by atoms with Crippen LogP contribution in [0.25, 0.3) is 11.1 Å². The predicted molar refractivity (Wildman–Crippen MR) is 84.5 cm³/mol. The molecule has 0 amide bonds. The van der Waals surface area contributed by atoms with Crippen LogP contribution in [0.2, 0.25) is 0 Å². The van der Waals surface area contributed by atoms with Gasteiger partial charge in [0.25, 0.3) is 0 Å². The Morgan fingerprint density at radius 3 is 1.29 bits per heavy atom. The first-order valence-electron chi connectivity index (χ1n) is 6.87. The Balaban J connectivity index is 0.000000180. The van der Waals surface area contributed by atoms with Crippen LogP contribution in [-0.2, 0) is 6.42 Å². The van der Waals surface area contributed by atoms with E-state index < -0.39 is 0 Å². The van der Waals surface area contributed by atoms with Crippen molar-refractivity contribution in [3.8, 4) is 22.6 Å². The summed E-state index contributed by atoms with van der Waals surface area (Å²) in [6, 6.07) is 22.8. The molecule has 0 saturated heterocycles. The summed E-state index contributed by atoms with van der Waals surface area (Å²) in [5, 5.41) is 18.3. The van der Waals surface area contributed by atoms with Gasteiger partial charge in [-0.15, -0.1) is 0 Å². The molecular formula is C19H16O2. The lowest BCUT2D eigenvalue weighted by molar-refractivity contribution is 0.475. The van der Waals surface area contributed by atoms with Crippen LogP contribution in [0.1, 0.15) is 11.1 Å². The highest BCUT2D eigenvalue weighted by molar-refractivity contribution is 5.80. The van der Waals surface area contributed by atoms with E-state index in [2.05, 4.69) is 24.3 Å². The molecule has 2 aromatic rings. The van der Waals surface area contributed by atoms with Crippen LogP contribution >= 0.6 is 0 Å². The van der Waals surface area contributed by atoms with Gasteiger partial charge in [-0.3, -0.25) is 0 Å². The Kier molecular flexibility index (Phi) is 3.61. The normalized spacial score (nSPS) is 10.5. The zero-order chi connectivity index (χ0) is 14.7. The highest BCUT2D eigenvalue weighted by atomic mass is 16.3. The molecule has 0 bridgehead atoms. The first-order valence-corrected chi connectivity index (χ1v) is 6.87. The summed E-state index contributed by atoms with van der Waals surface area (Å²) in [5.41, 5.74) is 5.13. The molecule has 0 atom stereocenters. The van der Waals surface area contributed by atoms with Crippen molar-refractivity contribution in [1.29, 1.82) is 0 Å². The van der Waals surface area contributed by atoms with E-state index in [4.69, 9.17) is 10.2 Å². The van der Waals surface area contributed by atoms with Gasteiger partial charge in [0.05, 0.1) is 0 Å². The van der Waals surface area contributed by atoms with E-state index in [9.17, 15) is 0 Å². The molecular weight excluding hydrogens is 260 g/mol. The number of phenols is 2. The van der Waals surface area contributed by atoms with E-state index in [1.807, 2.05) is 24.3 Å². The van der Waals surface area contributed by atoms with Crippen LogP contribution in [0.3, 0.4) is 0 Å². The largest absolute Gasteiger partial charge is 0.508 e. The number of rotatable bonds is 2. The molecule has 0 aromatic heterocycles. The highest BCUT2D eigenvalue weighted by Gasteiger charge is 2.07. The molecule has 0 aliphatic heterocycles. The van der Waals surface area contributed by atoms with Crippen LogP contribution in [0, 0.1) is 0 Å². The van der Waals surface area contributed by atoms with Gasteiger partial charge in [0.15, 0.2) is 0 Å². The highest BCUT2D eigenvalue weighted by Crippen LogP contribution is 2.32. The molecule has 4 rings (SSSR count). The van der Waals surface area contributed by atoms with Gasteiger partial charge in [0.2, 0.25) is 0 Å². The van der Waals surface area contributed by atoms with Crippen molar-refractivity contribution < 1.29 is 10.2 Å². The van der Waals surface area contributed by atoms with E-state index in [0.717, 1.165) is 17.5 Å². The lowest BCUT2D eigenvalue weighted by Crippen LogP contribution is -1.86. The van der Waals surface area contributed by atoms with Gasteiger partial charge in [-0.25, -0.2) is 0 Å². The van der Waals surface area contributed by atoms with Crippen molar-refractivity contribution in [2.24, 2.45) is 0 Å². The molecule has 2 aromatic carbocycles.